The molecule has 1 aliphatic carbocycles. The minimum Gasteiger partial charge on any atom is -0.481 e. The van der Waals surface area contributed by atoms with Gasteiger partial charge >= 0.3 is 5.97 Å². The third-order valence-corrected chi connectivity index (χ3v) is 4.58. The molecule has 88 valence electrons. The van der Waals surface area contributed by atoms with E-state index < -0.39 is 11.4 Å². The van der Waals surface area contributed by atoms with Crippen molar-refractivity contribution in [2.75, 3.05) is 19.0 Å². The predicted molar refractivity (Wildman–Crippen MR) is 64.2 cm³/mol. The van der Waals surface area contributed by atoms with E-state index in [4.69, 9.17) is 0 Å². The van der Waals surface area contributed by atoms with Gasteiger partial charge in [-0.1, -0.05) is 12.8 Å². The molecule has 0 amide bonds. The standard InChI is InChI=1S/C11H16N2O2S/c1-13(2)10-12-7-8(16-10)11(9(14)15)5-3-4-6-11/h7H,3-6H2,1-2H3,(H,14,15). The van der Waals surface area contributed by atoms with Crippen LogP contribution in [0.3, 0.4) is 0 Å². The van der Waals surface area contributed by atoms with Gasteiger partial charge in [0.1, 0.15) is 5.41 Å². The van der Waals surface area contributed by atoms with E-state index in [1.807, 2.05) is 19.0 Å². The van der Waals surface area contributed by atoms with Crippen LogP contribution in [0.25, 0.3) is 0 Å². The molecular weight excluding hydrogens is 224 g/mol. The van der Waals surface area contributed by atoms with Crippen LogP contribution in [0.1, 0.15) is 30.6 Å². The Morgan fingerprint density at radius 2 is 2.12 bits per heavy atom. The van der Waals surface area contributed by atoms with Crippen LogP contribution in [0, 0.1) is 0 Å². The zero-order valence-corrected chi connectivity index (χ0v) is 10.4. The molecule has 0 bridgehead atoms. The Hall–Kier alpha value is -1.10. The SMILES string of the molecule is CN(C)c1ncc(C2(C(=O)O)CCCC2)s1. The molecule has 2 rings (SSSR count). The molecule has 0 radical (unpaired) electrons. The average molecular weight is 240 g/mol. The molecule has 0 aromatic carbocycles. The number of nitrogens with zero attached hydrogens (tertiary/aromatic N) is 2. The zero-order valence-electron chi connectivity index (χ0n) is 9.56. The summed E-state index contributed by atoms with van der Waals surface area (Å²) >= 11 is 1.50. The molecule has 0 spiro atoms. The molecule has 1 aromatic rings. The minimum atomic E-state index is -0.695. The lowest BCUT2D eigenvalue weighted by Crippen LogP contribution is -2.31. The molecule has 1 saturated carbocycles. The summed E-state index contributed by atoms with van der Waals surface area (Å²) in [5.41, 5.74) is -0.661. The third-order valence-electron chi connectivity index (χ3n) is 3.21. The van der Waals surface area contributed by atoms with E-state index in [0.717, 1.165) is 35.7 Å². The average Bonchev–Trinajstić information content (AvgIpc) is 2.87. The molecule has 1 N–H and O–H groups in total. The van der Waals surface area contributed by atoms with Crippen LogP contribution in [0.2, 0.25) is 0 Å². The highest BCUT2D eigenvalue weighted by atomic mass is 32.1. The lowest BCUT2D eigenvalue weighted by Gasteiger charge is -2.21. The Labute approximate surface area is 98.9 Å². The number of thiazole rings is 1. The number of hydrogen-bond donors (Lipinski definition) is 1. The van der Waals surface area contributed by atoms with Crippen LogP contribution in [-0.4, -0.2) is 30.2 Å². The molecule has 1 aromatic heterocycles. The van der Waals surface area contributed by atoms with Crippen molar-refractivity contribution >= 4 is 22.4 Å². The Balaban J connectivity index is 2.36. The maximum atomic E-state index is 11.5. The Morgan fingerprint density at radius 3 is 2.56 bits per heavy atom. The number of aromatic nitrogens is 1. The van der Waals surface area contributed by atoms with Crippen LogP contribution in [0.4, 0.5) is 5.13 Å². The smallest absolute Gasteiger partial charge is 0.315 e. The van der Waals surface area contributed by atoms with Crippen molar-refractivity contribution in [3.63, 3.8) is 0 Å². The minimum absolute atomic E-state index is 0.661. The molecular formula is C11H16N2O2S. The summed E-state index contributed by atoms with van der Waals surface area (Å²) in [7, 11) is 3.84. The number of anilines is 1. The van der Waals surface area contributed by atoms with E-state index in [9.17, 15) is 9.90 Å². The third kappa shape index (κ3) is 1.69. The normalized spacial score (nSPS) is 18.6. The quantitative estimate of drug-likeness (QED) is 0.879. The van der Waals surface area contributed by atoms with E-state index in [2.05, 4.69) is 4.98 Å². The second-order valence-electron chi connectivity index (χ2n) is 4.50. The fourth-order valence-corrected chi connectivity index (χ4v) is 3.31. The van der Waals surface area contributed by atoms with Crippen molar-refractivity contribution in [1.82, 2.24) is 4.98 Å². The summed E-state index contributed by atoms with van der Waals surface area (Å²) in [5, 5.41) is 10.3. The Bertz CT molecular complexity index is 394. The molecule has 16 heavy (non-hydrogen) atoms. The number of aliphatic carboxylic acids is 1. The molecule has 4 nitrogen and oxygen atoms in total. The van der Waals surface area contributed by atoms with Gasteiger partial charge in [0.15, 0.2) is 5.13 Å². The van der Waals surface area contributed by atoms with Gasteiger partial charge in [-0.2, -0.15) is 0 Å². The monoisotopic (exact) mass is 240 g/mol. The first-order chi connectivity index (χ1) is 7.56. The summed E-state index contributed by atoms with van der Waals surface area (Å²) in [6.07, 6.45) is 5.23. The molecule has 1 fully saturated rings. The van der Waals surface area contributed by atoms with Crippen LogP contribution < -0.4 is 4.90 Å². The van der Waals surface area contributed by atoms with Gasteiger partial charge < -0.3 is 10.0 Å². The van der Waals surface area contributed by atoms with Crippen molar-refractivity contribution < 1.29 is 9.90 Å². The largest absolute Gasteiger partial charge is 0.481 e. The highest BCUT2D eigenvalue weighted by Gasteiger charge is 2.44. The van der Waals surface area contributed by atoms with Crippen molar-refractivity contribution in [2.45, 2.75) is 31.1 Å². The van der Waals surface area contributed by atoms with Crippen molar-refractivity contribution in [2.24, 2.45) is 0 Å². The fourth-order valence-electron chi connectivity index (χ4n) is 2.24. The maximum Gasteiger partial charge on any atom is 0.315 e. The summed E-state index contributed by atoms with van der Waals surface area (Å²) in [4.78, 5) is 18.6. The highest BCUT2D eigenvalue weighted by Crippen LogP contribution is 2.44. The van der Waals surface area contributed by atoms with Gasteiger partial charge in [0.05, 0.1) is 0 Å². The number of carboxylic acid groups (broad SMARTS) is 1. The molecule has 0 saturated heterocycles. The zero-order chi connectivity index (χ0) is 11.8. The van der Waals surface area contributed by atoms with E-state index in [1.165, 1.54) is 11.3 Å². The van der Waals surface area contributed by atoms with Gasteiger partial charge in [0.2, 0.25) is 0 Å². The Kier molecular flexibility index (Phi) is 2.88. The number of carboxylic acids is 1. The van der Waals surface area contributed by atoms with Gasteiger partial charge in [-0.3, -0.25) is 4.79 Å². The van der Waals surface area contributed by atoms with Crippen LogP contribution in [-0.2, 0) is 10.2 Å². The summed E-state index contributed by atoms with van der Waals surface area (Å²) in [6, 6.07) is 0. The Morgan fingerprint density at radius 1 is 1.50 bits per heavy atom. The summed E-state index contributed by atoms with van der Waals surface area (Å²) in [5.74, 6) is -0.695. The van der Waals surface area contributed by atoms with Gasteiger partial charge in [-0.25, -0.2) is 4.98 Å². The van der Waals surface area contributed by atoms with E-state index in [-0.39, 0.29) is 0 Å². The van der Waals surface area contributed by atoms with Crippen molar-refractivity contribution in [3.8, 4) is 0 Å². The lowest BCUT2D eigenvalue weighted by atomic mass is 9.85. The van der Waals surface area contributed by atoms with Gasteiger partial charge in [-0.15, -0.1) is 11.3 Å². The molecule has 1 aliphatic rings. The van der Waals surface area contributed by atoms with E-state index >= 15 is 0 Å². The molecule has 0 aliphatic heterocycles. The highest BCUT2D eigenvalue weighted by molar-refractivity contribution is 7.15. The van der Waals surface area contributed by atoms with Gasteiger partial charge in [0, 0.05) is 25.2 Å². The first-order valence-corrected chi connectivity index (χ1v) is 6.25. The van der Waals surface area contributed by atoms with Crippen LogP contribution in [0.15, 0.2) is 6.20 Å². The molecule has 5 heteroatoms. The second kappa shape index (κ2) is 4.05. The molecule has 0 unspecified atom stereocenters. The first-order valence-electron chi connectivity index (χ1n) is 5.43. The summed E-state index contributed by atoms with van der Waals surface area (Å²) in [6.45, 7) is 0. The maximum absolute atomic E-state index is 11.5. The van der Waals surface area contributed by atoms with Crippen LogP contribution >= 0.6 is 11.3 Å². The summed E-state index contributed by atoms with van der Waals surface area (Å²) < 4.78 is 0. The second-order valence-corrected chi connectivity index (χ2v) is 5.50. The first kappa shape index (κ1) is 11.4. The lowest BCUT2D eigenvalue weighted by molar-refractivity contribution is -0.143. The van der Waals surface area contributed by atoms with Gasteiger partial charge in [0.25, 0.3) is 0 Å². The number of carbonyl (C=O) groups is 1. The van der Waals surface area contributed by atoms with Crippen molar-refractivity contribution in [3.05, 3.63) is 11.1 Å². The molecule has 0 atom stereocenters. The van der Waals surface area contributed by atoms with Gasteiger partial charge in [-0.05, 0) is 12.8 Å². The number of rotatable bonds is 3. The fraction of sp³-hybridized carbons (Fsp3) is 0.636. The predicted octanol–water partition coefficient (Wildman–Crippen LogP) is 2.11. The topological polar surface area (TPSA) is 53.4 Å². The van der Waals surface area contributed by atoms with E-state index in [0.29, 0.717) is 0 Å². The van der Waals surface area contributed by atoms with Crippen molar-refractivity contribution in [1.29, 1.82) is 0 Å². The van der Waals surface area contributed by atoms with Crippen LogP contribution in [0.5, 0.6) is 0 Å². The number of hydrogen-bond acceptors (Lipinski definition) is 4. The molecule has 1 heterocycles. The van der Waals surface area contributed by atoms with E-state index in [1.54, 1.807) is 6.20 Å².